The minimum absolute atomic E-state index is 0.0168. The van der Waals surface area contributed by atoms with Crippen LogP contribution in [0.4, 0.5) is 0 Å². The molecule has 1 aliphatic heterocycles. The van der Waals surface area contributed by atoms with E-state index in [1.165, 1.54) is 6.42 Å². The van der Waals surface area contributed by atoms with Crippen LogP contribution in [0.25, 0.3) is 0 Å². The van der Waals surface area contributed by atoms with Crippen molar-refractivity contribution in [2.24, 2.45) is 5.10 Å². The summed E-state index contributed by atoms with van der Waals surface area (Å²) in [7, 11) is 0. The molecule has 0 atom stereocenters. The maximum absolute atomic E-state index is 12.3. The van der Waals surface area contributed by atoms with E-state index < -0.39 is 0 Å². The summed E-state index contributed by atoms with van der Waals surface area (Å²) in [6.45, 7) is 8.05. The van der Waals surface area contributed by atoms with Crippen molar-refractivity contribution in [2.45, 2.75) is 46.1 Å². The summed E-state index contributed by atoms with van der Waals surface area (Å²) < 4.78 is 11.4. The van der Waals surface area contributed by atoms with E-state index in [1.54, 1.807) is 12.3 Å². The van der Waals surface area contributed by atoms with Crippen molar-refractivity contribution < 1.29 is 14.3 Å². The standard InChI is InChI=1S/C20H30N4O3S/c1-4-26-18-12-16(13-21-23-20(28)22-15(2)3)8-9-17(18)27-14-19(25)24-10-6-5-7-11-24/h8-9,12-13,15H,4-7,10-11,14H2,1-3H3,(H2,22,23,28)/b21-13-. The molecule has 1 fully saturated rings. The number of nitrogens with one attached hydrogen (secondary N) is 2. The molecule has 0 bridgehead atoms. The maximum Gasteiger partial charge on any atom is 0.260 e. The van der Waals surface area contributed by atoms with Gasteiger partial charge in [0.15, 0.2) is 23.2 Å². The van der Waals surface area contributed by atoms with Gasteiger partial charge >= 0.3 is 0 Å². The Bertz CT molecular complexity index is 688. The Labute approximate surface area is 172 Å². The molecule has 0 unspecified atom stereocenters. The normalized spacial score (nSPS) is 14.2. The molecule has 0 spiro atoms. The highest BCUT2D eigenvalue weighted by molar-refractivity contribution is 7.80. The van der Waals surface area contributed by atoms with Gasteiger partial charge in [0.05, 0.1) is 12.8 Å². The highest BCUT2D eigenvalue weighted by Crippen LogP contribution is 2.28. The summed E-state index contributed by atoms with van der Waals surface area (Å²) >= 11 is 5.13. The molecular formula is C20H30N4O3S. The first-order valence-corrected chi connectivity index (χ1v) is 10.2. The van der Waals surface area contributed by atoms with Gasteiger partial charge in [-0.3, -0.25) is 10.2 Å². The number of carbonyl (C=O) groups excluding carboxylic acids is 1. The Kier molecular flexibility index (Phi) is 9.00. The number of ether oxygens (including phenoxy) is 2. The van der Waals surface area contributed by atoms with Crippen LogP contribution in [-0.2, 0) is 4.79 Å². The average Bonchev–Trinajstić information content (AvgIpc) is 2.67. The Morgan fingerprint density at radius 3 is 2.68 bits per heavy atom. The molecule has 2 N–H and O–H groups in total. The summed E-state index contributed by atoms with van der Waals surface area (Å²) in [5.41, 5.74) is 3.60. The summed E-state index contributed by atoms with van der Waals surface area (Å²) in [5, 5.41) is 7.64. The third-order valence-electron chi connectivity index (χ3n) is 4.13. The van der Waals surface area contributed by atoms with Gasteiger partial charge in [-0.05, 0) is 76.0 Å². The number of hydrogen-bond acceptors (Lipinski definition) is 5. The zero-order valence-corrected chi connectivity index (χ0v) is 17.7. The van der Waals surface area contributed by atoms with Crippen LogP contribution in [0.2, 0.25) is 0 Å². The third kappa shape index (κ3) is 7.34. The van der Waals surface area contributed by atoms with Crippen molar-refractivity contribution in [3.05, 3.63) is 23.8 Å². The number of piperidine rings is 1. The van der Waals surface area contributed by atoms with Gasteiger partial charge < -0.3 is 19.7 Å². The first kappa shape index (κ1) is 21.9. The lowest BCUT2D eigenvalue weighted by molar-refractivity contribution is -0.134. The Morgan fingerprint density at radius 1 is 1.25 bits per heavy atom. The molecule has 0 aromatic heterocycles. The van der Waals surface area contributed by atoms with Crippen molar-refractivity contribution >= 4 is 29.5 Å². The Balaban J connectivity index is 1.95. The first-order chi connectivity index (χ1) is 13.5. The fraction of sp³-hybridized carbons (Fsp3) is 0.550. The van der Waals surface area contributed by atoms with Crippen molar-refractivity contribution in [3.63, 3.8) is 0 Å². The second kappa shape index (κ2) is 11.5. The molecule has 2 rings (SSSR count). The van der Waals surface area contributed by atoms with Gasteiger partial charge in [-0.2, -0.15) is 5.10 Å². The number of amides is 1. The van der Waals surface area contributed by atoms with Gasteiger partial charge in [-0.25, -0.2) is 0 Å². The van der Waals surface area contributed by atoms with Crippen LogP contribution in [0.1, 0.15) is 45.6 Å². The van der Waals surface area contributed by atoms with Crippen LogP contribution in [0.3, 0.4) is 0 Å². The quantitative estimate of drug-likeness (QED) is 0.393. The number of carbonyl (C=O) groups is 1. The lowest BCUT2D eigenvalue weighted by Gasteiger charge is -2.26. The zero-order chi connectivity index (χ0) is 20.4. The number of rotatable bonds is 8. The lowest BCUT2D eigenvalue weighted by Crippen LogP contribution is -2.38. The van der Waals surface area contributed by atoms with Crippen molar-refractivity contribution in [2.75, 3.05) is 26.3 Å². The van der Waals surface area contributed by atoms with Crippen molar-refractivity contribution in [3.8, 4) is 11.5 Å². The van der Waals surface area contributed by atoms with Crippen molar-refractivity contribution in [1.82, 2.24) is 15.6 Å². The lowest BCUT2D eigenvalue weighted by atomic mass is 10.1. The highest BCUT2D eigenvalue weighted by atomic mass is 32.1. The number of benzene rings is 1. The van der Waals surface area contributed by atoms with Gasteiger partial charge in [-0.15, -0.1) is 0 Å². The second-order valence-electron chi connectivity index (χ2n) is 6.87. The SMILES string of the molecule is CCOc1cc(/C=N\NC(=S)NC(C)C)ccc1OCC(=O)N1CCCCC1. The van der Waals surface area contributed by atoms with E-state index in [-0.39, 0.29) is 18.6 Å². The van der Waals surface area contributed by atoms with E-state index in [0.29, 0.717) is 23.2 Å². The van der Waals surface area contributed by atoms with E-state index in [9.17, 15) is 4.79 Å². The van der Waals surface area contributed by atoms with Crippen LogP contribution in [0, 0.1) is 0 Å². The molecule has 0 radical (unpaired) electrons. The van der Waals surface area contributed by atoms with Crippen LogP contribution in [-0.4, -0.2) is 54.5 Å². The second-order valence-corrected chi connectivity index (χ2v) is 7.28. The van der Waals surface area contributed by atoms with Gasteiger partial charge in [0.2, 0.25) is 0 Å². The van der Waals surface area contributed by atoms with Gasteiger partial charge in [0.1, 0.15) is 0 Å². The van der Waals surface area contributed by atoms with Gasteiger partial charge in [0.25, 0.3) is 5.91 Å². The largest absolute Gasteiger partial charge is 0.490 e. The smallest absolute Gasteiger partial charge is 0.260 e. The van der Waals surface area contributed by atoms with Crippen LogP contribution in [0.15, 0.2) is 23.3 Å². The van der Waals surface area contributed by atoms with Crippen LogP contribution >= 0.6 is 12.2 Å². The topological polar surface area (TPSA) is 75.2 Å². The fourth-order valence-electron chi connectivity index (χ4n) is 2.83. The zero-order valence-electron chi connectivity index (χ0n) is 16.9. The van der Waals surface area contributed by atoms with E-state index in [0.717, 1.165) is 31.5 Å². The van der Waals surface area contributed by atoms with Gasteiger partial charge in [0, 0.05) is 19.1 Å². The molecule has 8 heteroatoms. The van der Waals surface area contributed by atoms with E-state index in [1.807, 2.05) is 37.8 Å². The predicted octanol–water partition coefficient (Wildman–Crippen LogP) is 2.68. The minimum Gasteiger partial charge on any atom is -0.490 e. The fourth-order valence-corrected chi connectivity index (χ4v) is 3.11. The van der Waals surface area contributed by atoms with E-state index in [4.69, 9.17) is 21.7 Å². The molecule has 28 heavy (non-hydrogen) atoms. The van der Waals surface area contributed by atoms with Crippen LogP contribution < -0.4 is 20.2 Å². The molecule has 1 saturated heterocycles. The number of hydrazone groups is 1. The van der Waals surface area contributed by atoms with Crippen molar-refractivity contribution in [1.29, 1.82) is 0 Å². The number of hydrogen-bond donors (Lipinski definition) is 2. The van der Waals surface area contributed by atoms with E-state index in [2.05, 4.69) is 15.8 Å². The molecule has 7 nitrogen and oxygen atoms in total. The molecule has 1 aromatic carbocycles. The number of thiocarbonyl (C=S) groups is 1. The summed E-state index contributed by atoms with van der Waals surface area (Å²) in [6, 6.07) is 5.71. The molecule has 1 amide bonds. The molecule has 1 aromatic rings. The predicted molar refractivity (Wildman–Crippen MR) is 115 cm³/mol. The highest BCUT2D eigenvalue weighted by Gasteiger charge is 2.17. The van der Waals surface area contributed by atoms with Crippen LogP contribution in [0.5, 0.6) is 11.5 Å². The van der Waals surface area contributed by atoms with Gasteiger partial charge in [-0.1, -0.05) is 0 Å². The minimum atomic E-state index is 0.0168. The summed E-state index contributed by atoms with van der Waals surface area (Å²) in [4.78, 5) is 14.2. The Hall–Kier alpha value is -2.35. The molecule has 1 aliphatic rings. The molecule has 0 saturated carbocycles. The maximum atomic E-state index is 12.3. The molecule has 1 heterocycles. The third-order valence-corrected chi connectivity index (χ3v) is 4.34. The summed E-state index contributed by atoms with van der Waals surface area (Å²) in [6.07, 6.45) is 4.97. The first-order valence-electron chi connectivity index (χ1n) is 9.76. The monoisotopic (exact) mass is 406 g/mol. The Morgan fingerprint density at radius 2 is 2.00 bits per heavy atom. The molecule has 154 valence electrons. The molecule has 0 aliphatic carbocycles. The number of likely N-dealkylation sites (tertiary alicyclic amines) is 1. The van der Waals surface area contributed by atoms with E-state index >= 15 is 0 Å². The molecular weight excluding hydrogens is 376 g/mol. The summed E-state index contributed by atoms with van der Waals surface area (Å²) in [5.74, 6) is 1.15. The number of nitrogens with zero attached hydrogens (tertiary/aromatic N) is 2. The average molecular weight is 407 g/mol.